The molecular formula is C20H21N5O5S. The Morgan fingerprint density at radius 1 is 1.10 bits per heavy atom. The van der Waals surface area contributed by atoms with E-state index >= 15 is 0 Å². The molecule has 2 amide bonds. The van der Waals surface area contributed by atoms with Crippen molar-refractivity contribution >= 4 is 32.6 Å². The summed E-state index contributed by atoms with van der Waals surface area (Å²) in [5.41, 5.74) is 0.725. The van der Waals surface area contributed by atoms with Gasteiger partial charge in [0.25, 0.3) is 5.56 Å². The fourth-order valence-corrected chi connectivity index (χ4v) is 3.47. The summed E-state index contributed by atoms with van der Waals surface area (Å²) in [4.78, 5) is 36.5. The third-order valence-corrected chi connectivity index (χ3v) is 5.52. The molecule has 0 aliphatic heterocycles. The van der Waals surface area contributed by atoms with Gasteiger partial charge in [-0.25, -0.2) is 18.7 Å². The van der Waals surface area contributed by atoms with Crippen molar-refractivity contribution in [2.45, 2.75) is 30.8 Å². The number of hydrogen-bond donors (Lipinski definition) is 4. The average molecular weight is 443 g/mol. The van der Waals surface area contributed by atoms with Crippen molar-refractivity contribution in [3.63, 3.8) is 0 Å². The van der Waals surface area contributed by atoms with Crippen LogP contribution in [0, 0.1) is 0 Å². The van der Waals surface area contributed by atoms with Crippen LogP contribution in [0.4, 0.5) is 0 Å². The molecule has 31 heavy (non-hydrogen) atoms. The first-order valence-corrected chi connectivity index (χ1v) is 10.8. The smallest absolute Gasteiger partial charge is 0.272 e. The first-order valence-electron chi connectivity index (χ1n) is 9.30. The summed E-state index contributed by atoms with van der Waals surface area (Å²) in [6.45, 7) is 1.69. The summed E-state index contributed by atoms with van der Waals surface area (Å²) >= 11 is 0. The van der Waals surface area contributed by atoms with E-state index < -0.39 is 27.9 Å². The maximum atomic E-state index is 12.4. The summed E-state index contributed by atoms with van der Waals surface area (Å²) in [5.74, 6) is -0.840. The molecule has 0 saturated carbocycles. The van der Waals surface area contributed by atoms with Gasteiger partial charge in [-0.1, -0.05) is 30.3 Å². The number of carbonyl (C=O) groups is 2. The van der Waals surface area contributed by atoms with Crippen LogP contribution >= 0.6 is 0 Å². The van der Waals surface area contributed by atoms with Gasteiger partial charge in [-0.2, -0.15) is 5.10 Å². The third kappa shape index (κ3) is 5.53. The zero-order valence-electron chi connectivity index (χ0n) is 16.6. The molecule has 10 nitrogen and oxygen atoms in total. The fourth-order valence-electron chi connectivity index (χ4n) is 2.96. The Hall–Kier alpha value is -3.57. The number of carbonyl (C=O) groups excluding carboxylic acids is 2. The summed E-state index contributed by atoms with van der Waals surface area (Å²) < 4.78 is 22.5. The molecule has 0 saturated heterocycles. The molecule has 1 atom stereocenters. The van der Waals surface area contributed by atoms with E-state index in [0.29, 0.717) is 22.0 Å². The predicted octanol–water partition coefficient (Wildman–Crippen LogP) is -0.0659. The second kappa shape index (κ2) is 9.06. The highest BCUT2D eigenvalue weighted by Gasteiger charge is 2.17. The highest BCUT2D eigenvalue weighted by atomic mass is 32.2. The van der Waals surface area contributed by atoms with Gasteiger partial charge in [0, 0.05) is 11.9 Å². The molecule has 0 spiro atoms. The van der Waals surface area contributed by atoms with Crippen LogP contribution in [0.15, 0.2) is 58.2 Å². The number of primary sulfonamides is 1. The highest BCUT2D eigenvalue weighted by Crippen LogP contribution is 2.13. The first-order chi connectivity index (χ1) is 14.6. The third-order valence-electron chi connectivity index (χ3n) is 4.59. The molecule has 0 aliphatic rings. The lowest BCUT2D eigenvalue weighted by Crippen LogP contribution is -2.45. The number of aromatic amines is 1. The highest BCUT2D eigenvalue weighted by molar-refractivity contribution is 7.89. The zero-order valence-corrected chi connectivity index (χ0v) is 17.4. The van der Waals surface area contributed by atoms with Gasteiger partial charge in [0.05, 0.1) is 22.4 Å². The average Bonchev–Trinajstić information content (AvgIpc) is 2.74. The largest absolute Gasteiger partial charge is 0.350 e. The van der Waals surface area contributed by atoms with Gasteiger partial charge in [-0.15, -0.1) is 0 Å². The van der Waals surface area contributed by atoms with Gasteiger partial charge >= 0.3 is 0 Å². The molecule has 2 aromatic carbocycles. The van der Waals surface area contributed by atoms with Gasteiger partial charge < -0.3 is 10.6 Å². The van der Waals surface area contributed by atoms with Gasteiger partial charge in [0.15, 0.2) is 0 Å². The topological polar surface area (TPSA) is 164 Å². The Morgan fingerprint density at radius 3 is 2.39 bits per heavy atom. The standard InChI is InChI=1S/C20H21N5O5S/c1-12(19(27)22-11-13-6-8-14(9-7-13)31(21,29)30)23-18(26)10-17-15-4-2-3-5-16(15)20(28)25-24-17/h2-9,12H,10-11H2,1H3,(H,22,27)(H,23,26)(H,25,28)(H2,21,29,30)/t12-/m0/s1. The molecule has 0 bridgehead atoms. The van der Waals surface area contributed by atoms with Crippen LogP contribution in [0.1, 0.15) is 18.2 Å². The van der Waals surface area contributed by atoms with Crippen molar-refractivity contribution < 1.29 is 18.0 Å². The Labute approximate surface area is 177 Å². The summed E-state index contributed by atoms with van der Waals surface area (Å²) in [5, 5.41) is 17.6. The Bertz CT molecular complexity index is 1290. The van der Waals surface area contributed by atoms with Gasteiger partial charge in [-0.3, -0.25) is 14.4 Å². The van der Waals surface area contributed by atoms with Crippen LogP contribution in [-0.2, 0) is 32.6 Å². The minimum atomic E-state index is -3.78. The minimum Gasteiger partial charge on any atom is -0.350 e. The van der Waals surface area contributed by atoms with Gasteiger partial charge in [0.2, 0.25) is 21.8 Å². The maximum absolute atomic E-state index is 12.4. The number of fused-ring (bicyclic) bond motifs is 1. The molecule has 5 N–H and O–H groups in total. The number of nitrogens with zero attached hydrogens (tertiary/aromatic N) is 1. The van der Waals surface area contributed by atoms with E-state index in [9.17, 15) is 22.8 Å². The van der Waals surface area contributed by atoms with E-state index in [2.05, 4.69) is 20.8 Å². The molecular weight excluding hydrogens is 422 g/mol. The van der Waals surface area contributed by atoms with E-state index in [1.165, 1.54) is 31.2 Å². The lowest BCUT2D eigenvalue weighted by Gasteiger charge is -2.14. The molecule has 3 aromatic rings. The maximum Gasteiger partial charge on any atom is 0.272 e. The number of sulfonamides is 1. The molecule has 3 rings (SSSR count). The lowest BCUT2D eigenvalue weighted by molar-refractivity contribution is -0.128. The summed E-state index contributed by atoms with van der Waals surface area (Å²) in [6.07, 6.45) is -0.107. The van der Waals surface area contributed by atoms with Crippen LogP contribution in [0.3, 0.4) is 0 Å². The molecule has 11 heteroatoms. The molecule has 162 valence electrons. The molecule has 0 fully saturated rings. The quantitative estimate of drug-likeness (QED) is 0.399. The van der Waals surface area contributed by atoms with Crippen LogP contribution in [0.25, 0.3) is 10.8 Å². The van der Waals surface area contributed by atoms with Crippen LogP contribution in [0.2, 0.25) is 0 Å². The number of rotatable bonds is 7. The number of aromatic nitrogens is 2. The number of nitrogens with two attached hydrogens (primary N) is 1. The normalized spacial score (nSPS) is 12.3. The Kier molecular flexibility index (Phi) is 6.47. The van der Waals surface area contributed by atoms with Gasteiger partial charge in [0.1, 0.15) is 6.04 Å². The van der Waals surface area contributed by atoms with Crippen LogP contribution in [-0.4, -0.2) is 36.5 Å². The summed E-state index contributed by atoms with van der Waals surface area (Å²) in [7, 11) is -3.78. The molecule has 1 heterocycles. The second-order valence-corrected chi connectivity index (χ2v) is 8.48. The van der Waals surface area contributed by atoms with E-state index in [4.69, 9.17) is 5.14 Å². The van der Waals surface area contributed by atoms with Crippen molar-refractivity contribution in [1.29, 1.82) is 0 Å². The van der Waals surface area contributed by atoms with Crippen LogP contribution in [0.5, 0.6) is 0 Å². The van der Waals surface area contributed by atoms with Crippen LogP contribution < -0.4 is 21.3 Å². The molecule has 0 radical (unpaired) electrons. The predicted molar refractivity (Wildman–Crippen MR) is 113 cm³/mol. The minimum absolute atomic E-state index is 0.0217. The monoisotopic (exact) mass is 443 g/mol. The second-order valence-electron chi connectivity index (χ2n) is 6.92. The van der Waals surface area contributed by atoms with Gasteiger partial charge in [-0.05, 0) is 30.7 Å². The summed E-state index contributed by atoms with van der Waals surface area (Å²) in [6, 6.07) is 11.8. The SMILES string of the molecule is C[C@H](NC(=O)Cc1n[nH]c(=O)c2ccccc12)C(=O)NCc1ccc(S(N)(=O)=O)cc1. The fraction of sp³-hybridized carbons (Fsp3) is 0.200. The zero-order chi connectivity index (χ0) is 22.6. The van der Waals surface area contributed by atoms with Crippen molar-refractivity contribution in [3.8, 4) is 0 Å². The van der Waals surface area contributed by atoms with Crippen molar-refractivity contribution in [2.75, 3.05) is 0 Å². The van der Waals surface area contributed by atoms with E-state index in [-0.39, 0.29) is 23.4 Å². The van der Waals surface area contributed by atoms with Crippen molar-refractivity contribution in [3.05, 3.63) is 70.1 Å². The molecule has 1 aromatic heterocycles. The molecule has 0 unspecified atom stereocenters. The number of hydrogen-bond acceptors (Lipinski definition) is 6. The Morgan fingerprint density at radius 2 is 1.74 bits per heavy atom. The first kappa shape index (κ1) is 22.1. The lowest BCUT2D eigenvalue weighted by atomic mass is 10.1. The number of H-pyrrole nitrogens is 1. The number of amides is 2. The van der Waals surface area contributed by atoms with E-state index in [1.54, 1.807) is 24.3 Å². The van der Waals surface area contributed by atoms with Crippen molar-refractivity contribution in [1.82, 2.24) is 20.8 Å². The number of nitrogens with one attached hydrogen (secondary N) is 3. The Balaban J connectivity index is 1.57. The van der Waals surface area contributed by atoms with E-state index in [0.717, 1.165) is 0 Å². The van der Waals surface area contributed by atoms with E-state index in [1.807, 2.05) is 0 Å². The number of benzene rings is 2. The van der Waals surface area contributed by atoms with Crippen molar-refractivity contribution in [2.24, 2.45) is 5.14 Å². The molecule has 0 aliphatic carbocycles.